The van der Waals surface area contributed by atoms with Crippen LogP contribution in [0, 0.1) is 0 Å². The zero-order valence-electron chi connectivity index (χ0n) is 10.0. The van der Waals surface area contributed by atoms with Crippen molar-refractivity contribution >= 4 is 12.6 Å². The lowest BCUT2D eigenvalue weighted by atomic mass is 9.82. The second-order valence-corrected chi connectivity index (χ2v) is 3.87. The number of ether oxygens (including phenoxy) is 1. The third-order valence-electron chi connectivity index (χ3n) is 2.58. The first-order chi connectivity index (χ1) is 8.66. The fraction of sp³-hybridized carbons (Fsp3) is 0.273. The molecule has 0 saturated carbocycles. The molecule has 18 heavy (non-hydrogen) atoms. The van der Waals surface area contributed by atoms with E-state index in [1.807, 2.05) is 13.1 Å². The summed E-state index contributed by atoms with van der Waals surface area (Å²) in [6, 6.07) is 3.48. The molecule has 7 heteroatoms. The number of hydrogen-bond donors (Lipinski definition) is 2. The molecule has 0 aliphatic rings. The molecule has 2 aromatic heterocycles. The number of aryl methyl sites for hydroxylation is 1. The highest BCUT2D eigenvalue weighted by molar-refractivity contribution is 6.58. The van der Waals surface area contributed by atoms with Crippen molar-refractivity contribution in [1.29, 1.82) is 0 Å². The minimum absolute atomic E-state index is 0.313. The predicted octanol–water partition coefficient (Wildman–Crippen LogP) is -0.884. The van der Waals surface area contributed by atoms with Gasteiger partial charge in [0.2, 0.25) is 0 Å². The standard InChI is InChI=1S/C11H14BN3O3/c1-15-10(2-4-14-15)3-5-18-11-6-9(12(16)17)7-13-8-11/h2,4,6-8,16-17H,3,5H2,1H3. The van der Waals surface area contributed by atoms with E-state index in [0.29, 0.717) is 17.8 Å². The molecule has 6 nitrogen and oxygen atoms in total. The summed E-state index contributed by atoms with van der Waals surface area (Å²) in [4.78, 5) is 3.88. The molecule has 0 radical (unpaired) electrons. The summed E-state index contributed by atoms with van der Waals surface area (Å²) in [5.41, 5.74) is 1.38. The monoisotopic (exact) mass is 247 g/mol. The fourth-order valence-electron chi connectivity index (χ4n) is 1.58. The van der Waals surface area contributed by atoms with Gasteiger partial charge in [-0.1, -0.05) is 0 Å². The van der Waals surface area contributed by atoms with Gasteiger partial charge in [-0.2, -0.15) is 5.10 Å². The van der Waals surface area contributed by atoms with E-state index in [1.165, 1.54) is 12.4 Å². The molecule has 0 atom stereocenters. The van der Waals surface area contributed by atoms with Crippen LogP contribution in [-0.4, -0.2) is 38.5 Å². The molecular weight excluding hydrogens is 233 g/mol. The first-order valence-electron chi connectivity index (χ1n) is 5.57. The van der Waals surface area contributed by atoms with E-state index in [-0.39, 0.29) is 0 Å². The molecule has 94 valence electrons. The molecule has 0 unspecified atom stereocenters. The third kappa shape index (κ3) is 3.09. The highest BCUT2D eigenvalue weighted by Crippen LogP contribution is 2.06. The van der Waals surface area contributed by atoms with E-state index in [1.54, 1.807) is 16.9 Å². The average Bonchev–Trinajstić information content (AvgIpc) is 2.76. The summed E-state index contributed by atoms with van der Waals surface area (Å²) < 4.78 is 7.29. The normalized spacial score (nSPS) is 10.4. The van der Waals surface area contributed by atoms with Gasteiger partial charge in [0.1, 0.15) is 5.75 Å². The Morgan fingerprint density at radius 1 is 1.39 bits per heavy atom. The van der Waals surface area contributed by atoms with Crippen molar-refractivity contribution in [2.24, 2.45) is 7.05 Å². The van der Waals surface area contributed by atoms with Crippen LogP contribution in [0.3, 0.4) is 0 Å². The molecule has 2 N–H and O–H groups in total. The van der Waals surface area contributed by atoms with E-state index >= 15 is 0 Å². The van der Waals surface area contributed by atoms with Gasteiger partial charge in [0.15, 0.2) is 0 Å². The van der Waals surface area contributed by atoms with Crippen LogP contribution in [0.25, 0.3) is 0 Å². The Kier molecular flexibility index (Phi) is 3.96. The van der Waals surface area contributed by atoms with Crippen LogP contribution in [-0.2, 0) is 13.5 Å². The Hall–Kier alpha value is -1.86. The quantitative estimate of drug-likeness (QED) is 0.670. The third-order valence-corrected chi connectivity index (χ3v) is 2.58. The number of pyridine rings is 1. The van der Waals surface area contributed by atoms with Gasteiger partial charge in [-0.3, -0.25) is 9.67 Å². The topological polar surface area (TPSA) is 80.4 Å². The van der Waals surface area contributed by atoms with Crippen LogP contribution in [0.2, 0.25) is 0 Å². The molecule has 0 aliphatic carbocycles. The van der Waals surface area contributed by atoms with Crippen LogP contribution in [0.4, 0.5) is 0 Å². The van der Waals surface area contributed by atoms with Gasteiger partial charge in [-0.15, -0.1) is 0 Å². The summed E-state index contributed by atoms with van der Waals surface area (Å²) in [5, 5.41) is 22.1. The Labute approximate surface area is 105 Å². The Bertz CT molecular complexity index is 516. The molecule has 0 amide bonds. The second-order valence-electron chi connectivity index (χ2n) is 3.87. The van der Waals surface area contributed by atoms with Crippen molar-refractivity contribution in [3.8, 4) is 5.75 Å². The first-order valence-corrected chi connectivity index (χ1v) is 5.57. The van der Waals surface area contributed by atoms with Crippen molar-refractivity contribution in [3.05, 3.63) is 36.4 Å². The maximum absolute atomic E-state index is 9.01. The van der Waals surface area contributed by atoms with Gasteiger partial charge in [0, 0.05) is 37.0 Å². The number of nitrogens with zero attached hydrogens (tertiary/aromatic N) is 3. The Morgan fingerprint density at radius 3 is 2.89 bits per heavy atom. The zero-order chi connectivity index (χ0) is 13.0. The summed E-state index contributed by atoms with van der Waals surface area (Å²) in [6.07, 6.45) is 5.38. The van der Waals surface area contributed by atoms with Crippen molar-refractivity contribution in [2.45, 2.75) is 6.42 Å². The fourth-order valence-corrected chi connectivity index (χ4v) is 1.58. The average molecular weight is 247 g/mol. The van der Waals surface area contributed by atoms with E-state index in [2.05, 4.69) is 10.1 Å². The van der Waals surface area contributed by atoms with E-state index in [0.717, 1.165) is 12.1 Å². The number of rotatable bonds is 5. The van der Waals surface area contributed by atoms with Gasteiger partial charge in [-0.05, 0) is 12.1 Å². The van der Waals surface area contributed by atoms with Crippen molar-refractivity contribution in [1.82, 2.24) is 14.8 Å². The van der Waals surface area contributed by atoms with Crippen molar-refractivity contribution in [2.75, 3.05) is 6.61 Å². The van der Waals surface area contributed by atoms with E-state index < -0.39 is 7.12 Å². The summed E-state index contributed by atoms with van der Waals surface area (Å²) in [5.74, 6) is 0.516. The molecule has 0 bridgehead atoms. The van der Waals surface area contributed by atoms with Crippen molar-refractivity contribution in [3.63, 3.8) is 0 Å². The van der Waals surface area contributed by atoms with Gasteiger partial charge < -0.3 is 14.8 Å². The summed E-state index contributed by atoms with van der Waals surface area (Å²) >= 11 is 0. The van der Waals surface area contributed by atoms with E-state index in [9.17, 15) is 0 Å². The lowest BCUT2D eigenvalue weighted by Crippen LogP contribution is -2.30. The van der Waals surface area contributed by atoms with Crippen LogP contribution in [0.1, 0.15) is 5.69 Å². The molecule has 0 saturated heterocycles. The largest absolute Gasteiger partial charge is 0.492 e. The first kappa shape index (κ1) is 12.6. The Balaban J connectivity index is 1.90. The van der Waals surface area contributed by atoms with Crippen LogP contribution < -0.4 is 10.2 Å². The van der Waals surface area contributed by atoms with Gasteiger partial charge in [0.25, 0.3) is 0 Å². The van der Waals surface area contributed by atoms with Crippen molar-refractivity contribution < 1.29 is 14.8 Å². The molecule has 0 aliphatic heterocycles. The second kappa shape index (κ2) is 5.66. The van der Waals surface area contributed by atoms with Gasteiger partial charge in [-0.25, -0.2) is 0 Å². The maximum atomic E-state index is 9.01. The molecular formula is C11H14BN3O3. The highest BCUT2D eigenvalue weighted by Gasteiger charge is 2.11. The van der Waals surface area contributed by atoms with E-state index in [4.69, 9.17) is 14.8 Å². The highest BCUT2D eigenvalue weighted by atomic mass is 16.5. The van der Waals surface area contributed by atoms with Crippen LogP contribution in [0.15, 0.2) is 30.7 Å². The van der Waals surface area contributed by atoms with Gasteiger partial charge in [0.05, 0.1) is 12.8 Å². The predicted molar refractivity (Wildman–Crippen MR) is 66.5 cm³/mol. The Morgan fingerprint density at radius 2 is 2.22 bits per heavy atom. The zero-order valence-corrected chi connectivity index (χ0v) is 10.0. The van der Waals surface area contributed by atoms with Gasteiger partial charge >= 0.3 is 7.12 Å². The summed E-state index contributed by atoms with van der Waals surface area (Å²) in [7, 11) is 0.345. The molecule has 2 aromatic rings. The van der Waals surface area contributed by atoms with Crippen LogP contribution >= 0.6 is 0 Å². The molecule has 0 fully saturated rings. The smallest absolute Gasteiger partial charge is 0.490 e. The number of hydrogen-bond acceptors (Lipinski definition) is 5. The minimum atomic E-state index is -1.53. The molecule has 0 aromatic carbocycles. The van der Waals surface area contributed by atoms with Crippen LogP contribution in [0.5, 0.6) is 5.75 Å². The minimum Gasteiger partial charge on any atom is -0.492 e. The maximum Gasteiger partial charge on any atom is 0.490 e. The molecule has 2 heterocycles. The number of aromatic nitrogens is 3. The lowest BCUT2D eigenvalue weighted by molar-refractivity contribution is 0.317. The lowest BCUT2D eigenvalue weighted by Gasteiger charge is -2.07. The molecule has 2 rings (SSSR count). The summed E-state index contributed by atoms with van der Waals surface area (Å²) in [6.45, 7) is 0.478. The SMILES string of the molecule is Cn1nccc1CCOc1cncc(B(O)O)c1. The molecule has 0 spiro atoms.